The summed E-state index contributed by atoms with van der Waals surface area (Å²) in [7, 11) is 0. The summed E-state index contributed by atoms with van der Waals surface area (Å²) in [6.07, 6.45) is 4.89. The molecule has 2 heterocycles. The van der Waals surface area contributed by atoms with Crippen LogP contribution >= 0.6 is 15.9 Å². The van der Waals surface area contributed by atoms with Crippen LogP contribution in [0.25, 0.3) is 5.65 Å². The Balaban J connectivity index is 3.06. The predicted octanol–water partition coefficient (Wildman–Crippen LogP) is 0.785. The Hall–Kier alpha value is -1.10. The lowest BCUT2D eigenvalue weighted by molar-refractivity contribution is 1.07. The van der Waals surface area contributed by atoms with Crippen LogP contribution in [0.4, 0.5) is 0 Å². The van der Waals surface area contributed by atoms with E-state index < -0.39 is 0 Å². The van der Waals surface area contributed by atoms with E-state index in [4.69, 9.17) is 0 Å². The second-order valence-corrected chi connectivity index (χ2v) is 2.88. The molecule has 0 saturated heterocycles. The van der Waals surface area contributed by atoms with Crippen LogP contribution in [-0.4, -0.2) is 14.4 Å². The molecular weight excluding hydrogens is 210 g/mol. The highest BCUT2D eigenvalue weighted by Gasteiger charge is 2.00. The summed E-state index contributed by atoms with van der Waals surface area (Å²) in [6.45, 7) is 0. The molecule has 0 radical (unpaired) electrons. The highest BCUT2D eigenvalue weighted by Crippen LogP contribution is 2.08. The molecule has 0 atom stereocenters. The Morgan fingerprint density at radius 2 is 2.45 bits per heavy atom. The number of aromatic nitrogens is 3. The summed E-state index contributed by atoms with van der Waals surface area (Å²) in [5, 5.41) is 0. The van der Waals surface area contributed by atoms with Crippen LogP contribution in [0.5, 0.6) is 0 Å². The normalized spacial score (nSPS) is 10.6. The number of hydrogen-bond donors (Lipinski definition) is 1. The van der Waals surface area contributed by atoms with E-state index in [-0.39, 0.29) is 5.56 Å². The summed E-state index contributed by atoms with van der Waals surface area (Å²) in [5.74, 6) is 0. The van der Waals surface area contributed by atoms with Gasteiger partial charge in [-0.25, -0.2) is 4.98 Å². The van der Waals surface area contributed by atoms with Gasteiger partial charge in [0, 0.05) is 12.4 Å². The van der Waals surface area contributed by atoms with Crippen molar-refractivity contribution in [3.05, 3.63) is 33.5 Å². The number of H-pyrrole nitrogens is 1. The van der Waals surface area contributed by atoms with Crippen molar-refractivity contribution in [3.63, 3.8) is 0 Å². The van der Waals surface area contributed by atoms with Gasteiger partial charge in [-0.3, -0.25) is 9.20 Å². The average molecular weight is 214 g/mol. The predicted molar refractivity (Wildman–Crippen MR) is 43.5 cm³/mol. The van der Waals surface area contributed by atoms with Gasteiger partial charge >= 0.3 is 0 Å². The van der Waals surface area contributed by atoms with Crippen molar-refractivity contribution in [2.45, 2.75) is 0 Å². The molecule has 0 saturated carbocycles. The monoisotopic (exact) mass is 213 g/mol. The average Bonchev–Trinajstić information content (AvgIpc) is 2.35. The number of hydrogen-bond acceptors (Lipinski definition) is 2. The van der Waals surface area contributed by atoms with Crippen molar-refractivity contribution in [1.82, 2.24) is 14.4 Å². The van der Waals surface area contributed by atoms with Crippen LogP contribution in [0.2, 0.25) is 0 Å². The smallest absolute Gasteiger partial charge is 0.291 e. The maximum absolute atomic E-state index is 11.0. The second-order valence-electron chi connectivity index (χ2n) is 2.06. The molecule has 0 unspecified atom stereocenters. The zero-order valence-electron chi connectivity index (χ0n) is 5.41. The molecule has 1 N–H and O–H groups in total. The molecule has 0 aliphatic heterocycles. The molecule has 2 aromatic rings. The molecule has 0 spiro atoms. The lowest BCUT2D eigenvalue weighted by Crippen LogP contribution is -2.08. The second kappa shape index (κ2) is 2.20. The SMILES string of the molecule is O=c1[nH]ccn2c(Br)cnc12. The first-order valence-electron chi connectivity index (χ1n) is 2.99. The quantitative estimate of drug-likeness (QED) is 0.704. The number of nitrogens with one attached hydrogen (secondary N) is 1. The number of fused-ring (bicyclic) bond motifs is 1. The molecule has 0 aliphatic rings. The number of nitrogens with zero attached hydrogens (tertiary/aromatic N) is 2. The van der Waals surface area contributed by atoms with E-state index in [1.807, 2.05) is 0 Å². The van der Waals surface area contributed by atoms with Crippen LogP contribution < -0.4 is 5.56 Å². The van der Waals surface area contributed by atoms with E-state index in [0.717, 1.165) is 4.60 Å². The van der Waals surface area contributed by atoms with Gasteiger partial charge < -0.3 is 4.98 Å². The largest absolute Gasteiger partial charge is 0.324 e. The third kappa shape index (κ3) is 0.883. The molecule has 56 valence electrons. The number of aromatic amines is 1. The minimum absolute atomic E-state index is 0.182. The topological polar surface area (TPSA) is 50.2 Å². The molecule has 0 aromatic carbocycles. The van der Waals surface area contributed by atoms with Gasteiger partial charge in [-0.1, -0.05) is 0 Å². The van der Waals surface area contributed by atoms with Crippen LogP contribution in [0, 0.1) is 0 Å². The Bertz CT molecular complexity index is 444. The Labute approximate surface area is 70.0 Å². The number of halogens is 1. The van der Waals surface area contributed by atoms with Crippen molar-refractivity contribution in [2.24, 2.45) is 0 Å². The van der Waals surface area contributed by atoms with Crippen molar-refractivity contribution in [2.75, 3.05) is 0 Å². The van der Waals surface area contributed by atoms with Crippen LogP contribution in [0.15, 0.2) is 28.0 Å². The molecule has 0 fully saturated rings. The summed E-state index contributed by atoms with van der Waals surface area (Å²) >= 11 is 3.25. The van der Waals surface area contributed by atoms with Gasteiger partial charge in [0.2, 0.25) is 5.65 Å². The van der Waals surface area contributed by atoms with Crippen LogP contribution in [0.3, 0.4) is 0 Å². The van der Waals surface area contributed by atoms with E-state index in [1.165, 1.54) is 0 Å². The van der Waals surface area contributed by atoms with Crippen molar-refractivity contribution in [1.29, 1.82) is 0 Å². The molecule has 0 bridgehead atoms. The fourth-order valence-electron chi connectivity index (χ4n) is 0.902. The molecular formula is C6H4BrN3O. The fourth-order valence-corrected chi connectivity index (χ4v) is 1.29. The van der Waals surface area contributed by atoms with Gasteiger partial charge in [0.25, 0.3) is 5.56 Å². The summed E-state index contributed by atoms with van der Waals surface area (Å²) < 4.78 is 2.44. The Kier molecular flexibility index (Phi) is 1.32. The first-order chi connectivity index (χ1) is 5.29. The van der Waals surface area contributed by atoms with E-state index in [0.29, 0.717) is 5.65 Å². The van der Waals surface area contributed by atoms with Crippen molar-refractivity contribution >= 4 is 21.6 Å². The number of imidazole rings is 1. The minimum atomic E-state index is -0.182. The van der Waals surface area contributed by atoms with E-state index >= 15 is 0 Å². The first-order valence-corrected chi connectivity index (χ1v) is 3.78. The van der Waals surface area contributed by atoms with E-state index in [1.54, 1.807) is 23.0 Å². The van der Waals surface area contributed by atoms with E-state index in [9.17, 15) is 4.79 Å². The summed E-state index contributed by atoms with van der Waals surface area (Å²) in [4.78, 5) is 17.5. The van der Waals surface area contributed by atoms with Gasteiger partial charge in [-0.15, -0.1) is 0 Å². The van der Waals surface area contributed by atoms with Crippen LogP contribution in [0.1, 0.15) is 0 Å². The van der Waals surface area contributed by atoms with Crippen LogP contribution in [-0.2, 0) is 0 Å². The first kappa shape index (κ1) is 6.60. The highest BCUT2D eigenvalue weighted by atomic mass is 79.9. The molecule has 2 aromatic heterocycles. The fraction of sp³-hybridized carbons (Fsp3) is 0. The zero-order valence-corrected chi connectivity index (χ0v) is 7.00. The lowest BCUT2D eigenvalue weighted by atomic mass is 10.7. The number of rotatable bonds is 0. The molecule has 11 heavy (non-hydrogen) atoms. The third-order valence-electron chi connectivity index (χ3n) is 1.39. The van der Waals surface area contributed by atoms with Gasteiger partial charge in [0.05, 0.1) is 6.20 Å². The standard InChI is InChI=1S/C6H4BrN3O/c7-4-3-9-5-6(11)8-1-2-10(4)5/h1-3H,(H,8,11). The van der Waals surface area contributed by atoms with Crippen molar-refractivity contribution in [3.8, 4) is 0 Å². The van der Waals surface area contributed by atoms with Gasteiger partial charge in [-0.05, 0) is 15.9 Å². The molecule has 2 rings (SSSR count). The van der Waals surface area contributed by atoms with Crippen molar-refractivity contribution < 1.29 is 0 Å². The van der Waals surface area contributed by atoms with E-state index in [2.05, 4.69) is 25.9 Å². The maximum atomic E-state index is 11.0. The maximum Gasteiger partial charge on any atom is 0.291 e. The summed E-state index contributed by atoms with van der Waals surface area (Å²) in [5.41, 5.74) is 0.220. The zero-order chi connectivity index (χ0) is 7.84. The minimum Gasteiger partial charge on any atom is -0.324 e. The van der Waals surface area contributed by atoms with Gasteiger partial charge in [-0.2, -0.15) is 0 Å². The molecule has 0 amide bonds. The van der Waals surface area contributed by atoms with Gasteiger partial charge in [0.1, 0.15) is 4.60 Å². The molecule has 0 aliphatic carbocycles. The highest BCUT2D eigenvalue weighted by molar-refractivity contribution is 9.10. The van der Waals surface area contributed by atoms with Gasteiger partial charge in [0.15, 0.2) is 0 Å². The molecule has 4 nitrogen and oxygen atoms in total. The Morgan fingerprint density at radius 3 is 3.18 bits per heavy atom. The summed E-state index contributed by atoms with van der Waals surface area (Å²) in [6, 6.07) is 0. The Morgan fingerprint density at radius 1 is 1.64 bits per heavy atom. The molecule has 5 heteroatoms. The lowest BCUT2D eigenvalue weighted by Gasteiger charge is -1.90. The third-order valence-corrected chi connectivity index (χ3v) is 1.98.